The van der Waals surface area contributed by atoms with Crippen molar-refractivity contribution in [1.82, 2.24) is 15.2 Å². The van der Waals surface area contributed by atoms with Gasteiger partial charge in [0.25, 0.3) is 5.91 Å². The molecule has 1 fully saturated rings. The molecule has 0 spiro atoms. The maximum absolute atomic E-state index is 12.0. The highest BCUT2D eigenvalue weighted by atomic mass is 16.4. The van der Waals surface area contributed by atoms with E-state index in [1.807, 2.05) is 26.8 Å². The molecule has 1 aliphatic heterocycles. The molecular formula is C18H28N4O4. The molecule has 2 heterocycles. The lowest BCUT2D eigenvalue weighted by atomic mass is 9.84. The van der Waals surface area contributed by atoms with Gasteiger partial charge in [-0.3, -0.25) is 4.79 Å². The fourth-order valence-corrected chi connectivity index (χ4v) is 3.03. The zero-order valence-corrected chi connectivity index (χ0v) is 15.8. The zero-order chi connectivity index (χ0) is 19.5. The fraction of sp³-hybridized carbons (Fsp3) is 0.611. The van der Waals surface area contributed by atoms with Gasteiger partial charge in [0.05, 0.1) is 24.0 Å². The standard InChI is InChI=1S/C18H28N4O4/c1-12(23)9-20-16(24)14-6-5-13(10-19-14)21-7-8-22(17(25)26)15(11-21)18(2,3)4/h5-6,10,12,15,23H,7-9,11H2,1-4H3,(H,20,24)(H,25,26). The minimum absolute atomic E-state index is 0.136. The number of carbonyl (C=O) groups excluding carboxylic acids is 1. The minimum Gasteiger partial charge on any atom is -0.465 e. The van der Waals surface area contributed by atoms with Crippen LogP contribution in [0, 0.1) is 5.41 Å². The molecule has 2 unspecified atom stereocenters. The van der Waals surface area contributed by atoms with E-state index in [-0.39, 0.29) is 29.6 Å². The summed E-state index contributed by atoms with van der Waals surface area (Å²) in [6.45, 7) is 9.44. The summed E-state index contributed by atoms with van der Waals surface area (Å²) in [5, 5.41) is 21.3. The molecule has 1 aromatic heterocycles. The molecule has 8 nitrogen and oxygen atoms in total. The number of amides is 2. The smallest absolute Gasteiger partial charge is 0.407 e. The number of nitrogens with one attached hydrogen (secondary N) is 1. The Morgan fingerprint density at radius 2 is 2.04 bits per heavy atom. The van der Waals surface area contributed by atoms with Crippen LogP contribution in [0.2, 0.25) is 0 Å². The van der Waals surface area contributed by atoms with Crippen LogP contribution in [0.25, 0.3) is 0 Å². The number of hydrogen-bond acceptors (Lipinski definition) is 5. The van der Waals surface area contributed by atoms with E-state index in [9.17, 15) is 19.8 Å². The second-order valence-electron chi connectivity index (χ2n) is 7.76. The van der Waals surface area contributed by atoms with Gasteiger partial charge in [0.2, 0.25) is 0 Å². The maximum atomic E-state index is 12.0. The van der Waals surface area contributed by atoms with Crippen LogP contribution in [-0.2, 0) is 0 Å². The molecule has 1 saturated heterocycles. The Balaban J connectivity index is 2.09. The first kappa shape index (κ1) is 20.0. The van der Waals surface area contributed by atoms with E-state index >= 15 is 0 Å². The lowest BCUT2D eigenvalue weighted by Crippen LogP contribution is -2.59. The third-order valence-electron chi connectivity index (χ3n) is 4.53. The van der Waals surface area contributed by atoms with Crippen molar-refractivity contribution in [3.8, 4) is 0 Å². The molecule has 144 valence electrons. The highest BCUT2D eigenvalue weighted by Crippen LogP contribution is 2.29. The number of anilines is 1. The van der Waals surface area contributed by atoms with Gasteiger partial charge >= 0.3 is 6.09 Å². The number of carboxylic acid groups (broad SMARTS) is 1. The third-order valence-corrected chi connectivity index (χ3v) is 4.53. The number of aliphatic hydroxyl groups excluding tert-OH is 1. The molecule has 26 heavy (non-hydrogen) atoms. The van der Waals surface area contributed by atoms with Crippen molar-refractivity contribution in [1.29, 1.82) is 0 Å². The molecule has 1 aromatic rings. The quantitative estimate of drug-likeness (QED) is 0.746. The van der Waals surface area contributed by atoms with E-state index in [0.717, 1.165) is 5.69 Å². The molecule has 2 rings (SSSR count). The molecule has 0 bridgehead atoms. The van der Waals surface area contributed by atoms with Crippen LogP contribution in [0.15, 0.2) is 18.3 Å². The van der Waals surface area contributed by atoms with E-state index in [1.165, 1.54) is 4.90 Å². The van der Waals surface area contributed by atoms with Crippen molar-refractivity contribution in [2.45, 2.75) is 39.8 Å². The highest BCUT2D eigenvalue weighted by Gasteiger charge is 2.38. The van der Waals surface area contributed by atoms with Gasteiger partial charge in [0, 0.05) is 26.2 Å². The summed E-state index contributed by atoms with van der Waals surface area (Å²) in [6, 6.07) is 3.32. The molecule has 3 N–H and O–H groups in total. The normalized spacial score (nSPS) is 19.2. The molecule has 0 saturated carbocycles. The largest absolute Gasteiger partial charge is 0.465 e. The summed E-state index contributed by atoms with van der Waals surface area (Å²) in [7, 11) is 0. The third kappa shape index (κ3) is 4.85. The van der Waals surface area contributed by atoms with Crippen LogP contribution in [0.3, 0.4) is 0 Å². The molecule has 8 heteroatoms. The molecule has 2 amide bonds. The van der Waals surface area contributed by atoms with Crippen molar-refractivity contribution in [3.63, 3.8) is 0 Å². The Hall–Kier alpha value is -2.35. The van der Waals surface area contributed by atoms with Crippen LogP contribution in [0.4, 0.5) is 10.5 Å². The minimum atomic E-state index is -0.896. The van der Waals surface area contributed by atoms with Crippen molar-refractivity contribution >= 4 is 17.7 Å². The topological polar surface area (TPSA) is 106 Å². The first-order valence-corrected chi connectivity index (χ1v) is 8.76. The Kier molecular flexibility index (Phi) is 6.07. The van der Waals surface area contributed by atoms with E-state index in [4.69, 9.17) is 0 Å². The van der Waals surface area contributed by atoms with Crippen LogP contribution >= 0.6 is 0 Å². The van der Waals surface area contributed by atoms with Crippen molar-refractivity contribution in [2.24, 2.45) is 5.41 Å². The Morgan fingerprint density at radius 1 is 1.35 bits per heavy atom. The lowest BCUT2D eigenvalue weighted by Gasteiger charge is -2.46. The number of piperazine rings is 1. The molecule has 1 aliphatic rings. The highest BCUT2D eigenvalue weighted by molar-refractivity contribution is 5.92. The summed E-state index contributed by atoms with van der Waals surface area (Å²) >= 11 is 0. The van der Waals surface area contributed by atoms with E-state index in [2.05, 4.69) is 15.2 Å². The Morgan fingerprint density at radius 3 is 2.54 bits per heavy atom. The van der Waals surface area contributed by atoms with Crippen LogP contribution < -0.4 is 10.2 Å². The molecule has 0 aromatic carbocycles. The number of aliphatic hydroxyl groups is 1. The number of aromatic nitrogens is 1. The lowest BCUT2D eigenvalue weighted by molar-refractivity contribution is 0.0748. The number of carbonyl (C=O) groups is 2. The zero-order valence-electron chi connectivity index (χ0n) is 15.8. The second-order valence-corrected chi connectivity index (χ2v) is 7.76. The van der Waals surface area contributed by atoms with Gasteiger partial charge in [-0.1, -0.05) is 20.8 Å². The van der Waals surface area contributed by atoms with Gasteiger partial charge in [0.1, 0.15) is 5.69 Å². The van der Waals surface area contributed by atoms with E-state index < -0.39 is 12.2 Å². The SMILES string of the molecule is CC(O)CNC(=O)c1ccc(N2CCN(C(=O)O)C(C(C)(C)C)C2)cn1. The van der Waals surface area contributed by atoms with Gasteiger partial charge in [-0.05, 0) is 24.5 Å². The van der Waals surface area contributed by atoms with Crippen LogP contribution in [-0.4, -0.2) is 70.4 Å². The number of rotatable bonds is 4. The molecule has 2 atom stereocenters. The average Bonchev–Trinajstić information content (AvgIpc) is 2.58. The number of nitrogens with zero attached hydrogens (tertiary/aromatic N) is 3. The van der Waals surface area contributed by atoms with E-state index in [0.29, 0.717) is 19.6 Å². The van der Waals surface area contributed by atoms with E-state index in [1.54, 1.807) is 19.2 Å². The van der Waals surface area contributed by atoms with Crippen molar-refractivity contribution in [3.05, 3.63) is 24.0 Å². The van der Waals surface area contributed by atoms with Gasteiger partial charge in [0.15, 0.2) is 0 Å². The van der Waals surface area contributed by atoms with Gasteiger partial charge < -0.3 is 25.3 Å². The fourth-order valence-electron chi connectivity index (χ4n) is 3.03. The average molecular weight is 364 g/mol. The van der Waals surface area contributed by atoms with Gasteiger partial charge in [-0.2, -0.15) is 0 Å². The van der Waals surface area contributed by atoms with Gasteiger partial charge in [-0.25, -0.2) is 9.78 Å². The Bertz CT molecular complexity index is 640. The summed E-state index contributed by atoms with van der Waals surface area (Å²) in [5.41, 5.74) is 0.952. The first-order chi connectivity index (χ1) is 12.1. The second kappa shape index (κ2) is 7.90. The predicted molar refractivity (Wildman–Crippen MR) is 98.4 cm³/mol. The predicted octanol–water partition coefficient (Wildman–Crippen LogP) is 1.41. The van der Waals surface area contributed by atoms with Crippen molar-refractivity contribution < 1.29 is 19.8 Å². The van der Waals surface area contributed by atoms with Crippen molar-refractivity contribution in [2.75, 3.05) is 31.1 Å². The first-order valence-electron chi connectivity index (χ1n) is 8.76. The summed E-state index contributed by atoms with van der Waals surface area (Å²) < 4.78 is 0. The maximum Gasteiger partial charge on any atom is 0.407 e. The molecule has 0 aliphatic carbocycles. The monoisotopic (exact) mass is 364 g/mol. The summed E-state index contributed by atoms with van der Waals surface area (Å²) in [5.74, 6) is -0.333. The van der Waals surface area contributed by atoms with Gasteiger partial charge in [-0.15, -0.1) is 0 Å². The van der Waals surface area contributed by atoms with Crippen LogP contribution in [0.5, 0.6) is 0 Å². The number of pyridine rings is 1. The van der Waals surface area contributed by atoms with Crippen LogP contribution in [0.1, 0.15) is 38.2 Å². The Labute approximate surface area is 153 Å². The molecular weight excluding hydrogens is 336 g/mol. The molecule has 0 radical (unpaired) electrons. The number of hydrogen-bond donors (Lipinski definition) is 3. The summed E-state index contributed by atoms with van der Waals surface area (Å²) in [6.07, 6.45) is 0.124. The summed E-state index contributed by atoms with van der Waals surface area (Å²) in [4.78, 5) is 31.3.